The summed E-state index contributed by atoms with van der Waals surface area (Å²) in [5, 5.41) is 12.0. The lowest BCUT2D eigenvalue weighted by atomic mass is 10.2. The van der Waals surface area contributed by atoms with Crippen LogP contribution < -0.4 is 9.62 Å². The topological polar surface area (TPSA) is 92.3 Å². The Hall–Kier alpha value is -2.78. The van der Waals surface area contributed by atoms with E-state index in [0.717, 1.165) is 17.5 Å². The first kappa shape index (κ1) is 19.5. The third kappa shape index (κ3) is 4.30. The van der Waals surface area contributed by atoms with E-state index in [0.29, 0.717) is 34.4 Å². The lowest BCUT2D eigenvalue weighted by Crippen LogP contribution is -2.37. The predicted molar refractivity (Wildman–Crippen MR) is 115 cm³/mol. The van der Waals surface area contributed by atoms with Gasteiger partial charge < -0.3 is 0 Å². The summed E-state index contributed by atoms with van der Waals surface area (Å²) in [6.07, 6.45) is 1.47. The van der Waals surface area contributed by atoms with E-state index >= 15 is 0 Å². The number of hydrogen-bond acceptors (Lipinski definition) is 6. The van der Waals surface area contributed by atoms with Gasteiger partial charge in [-0.15, -0.1) is 10.2 Å². The van der Waals surface area contributed by atoms with Gasteiger partial charge in [0.15, 0.2) is 0 Å². The summed E-state index contributed by atoms with van der Waals surface area (Å²) in [5.74, 6) is -0.219. The predicted octanol–water partition coefficient (Wildman–Crippen LogP) is 3.70. The van der Waals surface area contributed by atoms with Crippen molar-refractivity contribution < 1.29 is 13.2 Å². The molecule has 1 aromatic heterocycles. The Balaban J connectivity index is 1.51. The summed E-state index contributed by atoms with van der Waals surface area (Å²) in [5.41, 5.74) is 2.97. The minimum absolute atomic E-state index is 0.135. The van der Waals surface area contributed by atoms with Crippen molar-refractivity contribution in [2.75, 3.05) is 21.9 Å². The Bertz CT molecular complexity index is 1140. The summed E-state index contributed by atoms with van der Waals surface area (Å²) in [6.45, 7) is 2.45. The van der Waals surface area contributed by atoms with Gasteiger partial charge in [0.2, 0.25) is 15.2 Å². The van der Waals surface area contributed by atoms with Crippen molar-refractivity contribution in [2.45, 2.75) is 19.8 Å². The van der Waals surface area contributed by atoms with Crippen LogP contribution in [-0.2, 0) is 10.0 Å². The Morgan fingerprint density at radius 2 is 1.90 bits per heavy atom. The maximum absolute atomic E-state index is 12.7. The Morgan fingerprint density at radius 3 is 2.66 bits per heavy atom. The number of sulfonamides is 1. The van der Waals surface area contributed by atoms with Gasteiger partial charge in [0.1, 0.15) is 5.01 Å². The molecule has 0 spiro atoms. The maximum Gasteiger partial charge on any atom is 0.257 e. The summed E-state index contributed by atoms with van der Waals surface area (Å²) < 4.78 is 26.0. The number of anilines is 2. The molecular formula is C20H20N4O3S2. The van der Waals surface area contributed by atoms with Crippen molar-refractivity contribution in [1.29, 1.82) is 0 Å². The first-order valence-electron chi connectivity index (χ1n) is 9.25. The van der Waals surface area contributed by atoms with Crippen LogP contribution in [0, 0.1) is 6.92 Å². The van der Waals surface area contributed by atoms with E-state index in [4.69, 9.17) is 0 Å². The van der Waals surface area contributed by atoms with Crippen LogP contribution in [0.25, 0.3) is 10.6 Å². The van der Waals surface area contributed by atoms with E-state index in [1.165, 1.54) is 15.6 Å². The fourth-order valence-electron chi connectivity index (χ4n) is 3.14. The number of aromatic nitrogens is 2. The number of carbonyl (C=O) groups excluding carboxylic acids is 1. The van der Waals surface area contributed by atoms with Gasteiger partial charge in [-0.3, -0.25) is 14.4 Å². The molecule has 7 nitrogen and oxygen atoms in total. The fourth-order valence-corrected chi connectivity index (χ4v) is 5.51. The Kier molecular flexibility index (Phi) is 5.33. The van der Waals surface area contributed by atoms with Gasteiger partial charge in [0.05, 0.1) is 11.4 Å². The number of nitrogens with zero attached hydrogens (tertiary/aromatic N) is 3. The number of benzene rings is 2. The second-order valence-corrected chi connectivity index (χ2v) is 9.87. The highest BCUT2D eigenvalue weighted by Gasteiger charge is 2.26. The molecule has 3 aromatic rings. The van der Waals surface area contributed by atoms with E-state index in [9.17, 15) is 13.2 Å². The van der Waals surface area contributed by atoms with Gasteiger partial charge in [-0.25, -0.2) is 8.42 Å². The minimum Gasteiger partial charge on any atom is -0.296 e. The van der Waals surface area contributed by atoms with Crippen LogP contribution in [0.5, 0.6) is 0 Å². The lowest BCUT2D eigenvalue weighted by Gasteiger charge is -2.28. The smallest absolute Gasteiger partial charge is 0.257 e. The highest BCUT2D eigenvalue weighted by Crippen LogP contribution is 2.28. The van der Waals surface area contributed by atoms with Crippen LogP contribution in [0.1, 0.15) is 28.8 Å². The average Bonchev–Trinajstić information content (AvgIpc) is 3.16. The summed E-state index contributed by atoms with van der Waals surface area (Å²) in [7, 11) is -3.33. The van der Waals surface area contributed by atoms with Crippen LogP contribution in [0.15, 0.2) is 48.5 Å². The van der Waals surface area contributed by atoms with Crippen LogP contribution in [0.4, 0.5) is 10.8 Å². The van der Waals surface area contributed by atoms with Gasteiger partial charge in [0, 0.05) is 17.7 Å². The van der Waals surface area contributed by atoms with Crippen molar-refractivity contribution in [3.05, 3.63) is 59.7 Å². The number of hydrogen-bond donors (Lipinski definition) is 1. The number of amides is 1. The molecular weight excluding hydrogens is 408 g/mol. The molecule has 29 heavy (non-hydrogen) atoms. The van der Waals surface area contributed by atoms with Gasteiger partial charge in [-0.05, 0) is 38.0 Å². The zero-order valence-corrected chi connectivity index (χ0v) is 17.5. The van der Waals surface area contributed by atoms with E-state index in [-0.39, 0.29) is 11.7 Å². The van der Waals surface area contributed by atoms with Crippen LogP contribution in [0.2, 0.25) is 0 Å². The molecule has 9 heteroatoms. The molecule has 1 N–H and O–H groups in total. The summed E-state index contributed by atoms with van der Waals surface area (Å²) >= 11 is 1.29. The molecule has 0 aliphatic carbocycles. The van der Waals surface area contributed by atoms with Crippen LogP contribution in [-0.4, -0.2) is 36.8 Å². The number of rotatable bonds is 4. The average molecular weight is 429 g/mol. The van der Waals surface area contributed by atoms with Gasteiger partial charge >= 0.3 is 0 Å². The molecule has 1 aliphatic rings. The van der Waals surface area contributed by atoms with E-state index in [2.05, 4.69) is 15.5 Å². The van der Waals surface area contributed by atoms with E-state index < -0.39 is 10.0 Å². The Labute approximate surface area is 173 Å². The normalized spacial score (nSPS) is 15.8. The largest absolute Gasteiger partial charge is 0.296 e. The highest BCUT2D eigenvalue weighted by molar-refractivity contribution is 7.92. The molecule has 1 amide bonds. The van der Waals surface area contributed by atoms with Gasteiger partial charge in [0.25, 0.3) is 5.91 Å². The summed E-state index contributed by atoms with van der Waals surface area (Å²) in [6, 6.07) is 14.6. The van der Waals surface area contributed by atoms with E-state index in [1.807, 2.05) is 31.2 Å². The second-order valence-electron chi connectivity index (χ2n) is 6.88. The number of carbonyl (C=O) groups is 1. The molecule has 0 bridgehead atoms. The molecule has 1 aliphatic heterocycles. The van der Waals surface area contributed by atoms with Crippen molar-refractivity contribution >= 4 is 38.1 Å². The molecule has 2 heterocycles. The van der Waals surface area contributed by atoms with Crippen molar-refractivity contribution in [1.82, 2.24) is 10.2 Å². The van der Waals surface area contributed by atoms with Crippen molar-refractivity contribution in [2.24, 2.45) is 0 Å². The quantitative estimate of drug-likeness (QED) is 0.684. The molecule has 0 unspecified atom stereocenters. The molecule has 1 saturated heterocycles. The molecule has 1 fully saturated rings. The molecule has 2 aromatic carbocycles. The maximum atomic E-state index is 12.7. The fraction of sp³-hybridized carbons (Fsp3) is 0.250. The lowest BCUT2D eigenvalue weighted by molar-refractivity contribution is 0.102. The summed E-state index contributed by atoms with van der Waals surface area (Å²) in [4.78, 5) is 12.7. The number of nitrogens with one attached hydrogen (secondary N) is 1. The third-order valence-electron chi connectivity index (χ3n) is 4.69. The van der Waals surface area contributed by atoms with Crippen LogP contribution >= 0.6 is 11.3 Å². The van der Waals surface area contributed by atoms with Gasteiger partial charge in [-0.2, -0.15) is 0 Å². The second kappa shape index (κ2) is 7.92. The Morgan fingerprint density at radius 1 is 1.10 bits per heavy atom. The first-order valence-corrected chi connectivity index (χ1v) is 11.7. The third-order valence-corrected chi connectivity index (χ3v) is 7.45. The van der Waals surface area contributed by atoms with Gasteiger partial charge in [-0.1, -0.05) is 47.2 Å². The number of aryl methyl sites for hydroxylation is 1. The molecule has 4 rings (SSSR count). The van der Waals surface area contributed by atoms with E-state index in [1.54, 1.807) is 24.3 Å². The molecule has 0 radical (unpaired) electrons. The first-order chi connectivity index (χ1) is 13.9. The SMILES string of the molecule is Cc1ccc(-c2nnc(NC(=O)c3cccc(N4CCCCS4(=O)=O)c3)s2)cc1. The van der Waals surface area contributed by atoms with Crippen molar-refractivity contribution in [3.63, 3.8) is 0 Å². The minimum atomic E-state index is -3.33. The standard InChI is InChI=1S/C20H20N4O3S2/c1-14-7-9-15(10-8-14)19-22-23-20(28-19)21-18(25)16-5-4-6-17(13-16)24-11-2-3-12-29(24,26)27/h4-10,13H,2-3,11-12H2,1H3,(H,21,23,25). The van der Waals surface area contributed by atoms with Crippen LogP contribution in [0.3, 0.4) is 0 Å². The molecule has 150 valence electrons. The molecule has 0 saturated carbocycles. The zero-order chi connectivity index (χ0) is 20.4. The van der Waals surface area contributed by atoms with Crippen molar-refractivity contribution in [3.8, 4) is 10.6 Å². The molecule has 0 atom stereocenters. The zero-order valence-electron chi connectivity index (χ0n) is 15.8. The monoisotopic (exact) mass is 428 g/mol. The highest BCUT2D eigenvalue weighted by atomic mass is 32.2.